The summed E-state index contributed by atoms with van der Waals surface area (Å²) in [5, 5.41) is 0. The maximum Gasteiger partial charge on any atom is 0.0338 e. The molecule has 2 nitrogen and oxygen atoms in total. The monoisotopic (exact) mass is 226 g/mol. The fourth-order valence-corrected chi connectivity index (χ4v) is 2.34. The predicted octanol–water partition coefficient (Wildman–Crippen LogP) is 3.08. The van der Waals surface area contributed by atoms with Gasteiger partial charge in [-0.2, -0.15) is 0 Å². The Bertz CT molecular complexity index is 270. The number of aromatic nitrogens is 1. The van der Waals surface area contributed by atoms with Crippen LogP contribution < -0.4 is 5.73 Å². The number of nitrogens with zero attached hydrogens (tertiary/aromatic N) is 1. The molecule has 1 aromatic rings. The molecule has 1 aliphatic carbocycles. The van der Waals surface area contributed by atoms with Gasteiger partial charge in [-0.3, -0.25) is 4.98 Å². The lowest BCUT2D eigenvalue weighted by molar-refractivity contribution is 0.308. The van der Waals surface area contributed by atoms with E-state index in [-0.39, 0.29) is 18.4 Å². The van der Waals surface area contributed by atoms with E-state index >= 15 is 0 Å². The van der Waals surface area contributed by atoms with Gasteiger partial charge in [0.2, 0.25) is 0 Å². The molecular weight excluding hydrogens is 208 g/mol. The summed E-state index contributed by atoms with van der Waals surface area (Å²) in [5.74, 6) is 0.674. The standard InChI is InChI=1S/C12H18N2.ClH/c13-12(10-5-2-1-3-6-10)11-7-4-8-14-9-11;/h4,7-10,12H,1-3,5-6,13H2;1H/t12-;/m0./s1. The highest BCUT2D eigenvalue weighted by atomic mass is 35.5. The number of hydrogen-bond acceptors (Lipinski definition) is 2. The molecule has 0 spiro atoms. The van der Waals surface area contributed by atoms with E-state index in [4.69, 9.17) is 5.73 Å². The summed E-state index contributed by atoms with van der Waals surface area (Å²) in [7, 11) is 0. The molecule has 0 saturated heterocycles. The SMILES string of the molecule is Cl.N[C@H](c1cccnc1)C1CCCCC1. The second-order valence-corrected chi connectivity index (χ2v) is 4.21. The van der Waals surface area contributed by atoms with Gasteiger partial charge in [0, 0.05) is 18.4 Å². The van der Waals surface area contributed by atoms with Gasteiger partial charge in [0.1, 0.15) is 0 Å². The smallest absolute Gasteiger partial charge is 0.0338 e. The molecule has 1 heterocycles. The van der Waals surface area contributed by atoms with Crippen LogP contribution in [0.1, 0.15) is 43.7 Å². The van der Waals surface area contributed by atoms with Crippen LogP contribution >= 0.6 is 12.4 Å². The van der Waals surface area contributed by atoms with Gasteiger partial charge in [-0.15, -0.1) is 12.4 Å². The van der Waals surface area contributed by atoms with Crippen molar-refractivity contribution < 1.29 is 0 Å². The summed E-state index contributed by atoms with van der Waals surface area (Å²) >= 11 is 0. The molecule has 0 amide bonds. The Hall–Kier alpha value is -0.600. The molecule has 0 bridgehead atoms. The molecule has 2 rings (SSSR count). The normalized spacial score (nSPS) is 19.3. The molecule has 1 aliphatic rings. The lowest BCUT2D eigenvalue weighted by atomic mass is 9.82. The van der Waals surface area contributed by atoms with Gasteiger partial charge in [-0.1, -0.05) is 25.3 Å². The minimum atomic E-state index is 0. The van der Waals surface area contributed by atoms with Crippen molar-refractivity contribution in [2.24, 2.45) is 11.7 Å². The van der Waals surface area contributed by atoms with E-state index in [1.54, 1.807) is 6.20 Å². The molecule has 1 saturated carbocycles. The van der Waals surface area contributed by atoms with Crippen molar-refractivity contribution in [2.45, 2.75) is 38.1 Å². The fraction of sp³-hybridized carbons (Fsp3) is 0.583. The number of pyridine rings is 1. The summed E-state index contributed by atoms with van der Waals surface area (Å²) in [4.78, 5) is 4.12. The van der Waals surface area contributed by atoms with Crippen LogP contribution in [0.4, 0.5) is 0 Å². The molecule has 1 aromatic heterocycles. The average molecular weight is 227 g/mol. The third kappa shape index (κ3) is 3.18. The van der Waals surface area contributed by atoms with E-state index in [2.05, 4.69) is 11.1 Å². The number of hydrogen-bond donors (Lipinski definition) is 1. The van der Waals surface area contributed by atoms with Crippen LogP contribution in [0.15, 0.2) is 24.5 Å². The first-order chi connectivity index (χ1) is 6.88. The Morgan fingerprint density at radius 3 is 2.60 bits per heavy atom. The topological polar surface area (TPSA) is 38.9 Å². The van der Waals surface area contributed by atoms with Crippen LogP contribution in [0.5, 0.6) is 0 Å². The quantitative estimate of drug-likeness (QED) is 0.842. The molecule has 0 aromatic carbocycles. The highest BCUT2D eigenvalue weighted by Crippen LogP contribution is 2.32. The van der Waals surface area contributed by atoms with Gasteiger partial charge in [-0.25, -0.2) is 0 Å². The van der Waals surface area contributed by atoms with Gasteiger partial charge in [0.15, 0.2) is 0 Å². The van der Waals surface area contributed by atoms with Gasteiger partial charge in [-0.05, 0) is 30.4 Å². The van der Waals surface area contributed by atoms with Crippen LogP contribution in [0.25, 0.3) is 0 Å². The highest BCUT2D eigenvalue weighted by Gasteiger charge is 2.21. The highest BCUT2D eigenvalue weighted by molar-refractivity contribution is 5.85. The second kappa shape index (κ2) is 6.09. The fourth-order valence-electron chi connectivity index (χ4n) is 2.34. The first-order valence-electron chi connectivity index (χ1n) is 5.53. The Morgan fingerprint density at radius 2 is 2.00 bits per heavy atom. The van der Waals surface area contributed by atoms with E-state index in [9.17, 15) is 0 Å². The van der Waals surface area contributed by atoms with Crippen LogP contribution in [-0.4, -0.2) is 4.98 Å². The summed E-state index contributed by atoms with van der Waals surface area (Å²) in [6.07, 6.45) is 10.4. The number of halogens is 1. The van der Waals surface area contributed by atoms with Crippen LogP contribution in [-0.2, 0) is 0 Å². The molecule has 1 atom stereocenters. The molecule has 0 radical (unpaired) electrons. The second-order valence-electron chi connectivity index (χ2n) is 4.21. The van der Waals surface area contributed by atoms with Gasteiger partial charge in [0.25, 0.3) is 0 Å². The Labute approximate surface area is 97.7 Å². The van der Waals surface area contributed by atoms with Gasteiger partial charge < -0.3 is 5.73 Å². The first-order valence-corrected chi connectivity index (χ1v) is 5.53. The maximum absolute atomic E-state index is 6.23. The van der Waals surface area contributed by atoms with Crippen molar-refractivity contribution in [3.05, 3.63) is 30.1 Å². The first kappa shape index (κ1) is 12.5. The van der Waals surface area contributed by atoms with E-state index < -0.39 is 0 Å². The van der Waals surface area contributed by atoms with Crippen molar-refractivity contribution in [3.8, 4) is 0 Å². The number of rotatable bonds is 2. The van der Waals surface area contributed by atoms with E-state index in [0.29, 0.717) is 5.92 Å². The van der Waals surface area contributed by atoms with E-state index in [0.717, 1.165) is 0 Å². The Balaban J connectivity index is 0.00000112. The molecule has 84 valence electrons. The zero-order valence-corrected chi connectivity index (χ0v) is 9.75. The van der Waals surface area contributed by atoms with Crippen LogP contribution in [0, 0.1) is 5.92 Å². The van der Waals surface area contributed by atoms with Crippen molar-refractivity contribution >= 4 is 12.4 Å². The summed E-state index contributed by atoms with van der Waals surface area (Å²) in [5.41, 5.74) is 7.42. The van der Waals surface area contributed by atoms with Crippen molar-refractivity contribution in [3.63, 3.8) is 0 Å². The maximum atomic E-state index is 6.23. The molecule has 1 fully saturated rings. The molecule has 0 aliphatic heterocycles. The summed E-state index contributed by atoms with van der Waals surface area (Å²) in [6.45, 7) is 0. The summed E-state index contributed by atoms with van der Waals surface area (Å²) < 4.78 is 0. The molecule has 3 heteroatoms. The molecule has 15 heavy (non-hydrogen) atoms. The third-order valence-electron chi connectivity index (χ3n) is 3.23. The summed E-state index contributed by atoms with van der Waals surface area (Å²) in [6, 6.07) is 4.26. The Kier molecular flexibility index (Phi) is 5.06. The predicted molar refractivity (Wildman–Crippen MR) is 65.0 cm³/mol. The largest absolute Gasteiger partial charge is 0.324 e. The van der Waals surface area contributed by atoms with Crippen LogP contribution in [0.3, 0.4) is 0 Å². The zero-order valence-electron chi connectivity index (χ0n) is 8.93. The van der Waals surface area contributed by atoms with Crippen LogP contribution in [0.2, 0.25) is 0 Å². The number of nitrogens with two attached hydrogens (primary N) is 1. The zero-order chi connectivity index (χ0) is 9.80. The van der Waals surface area contributed by atoms with E-state index in [1.165, 1.54) is 37.7 Å². The molecule has 0 unspecified atom stereocenters. The third-order valence-corrected chi connectivity index (χ3v) is 3.23. The molecule has 2 N–H and O–H groups in total. The van der Waals surface area contributed by atoms with Crippen molar-refractivity contribution in [2.75, 3.05) is 0 Å². The Morgan fingerprint density at radius 1 is 1.27 bits per heavy atom. The average Bonchev–Trinajstić information content (AvgIpc) is 2.30. The lowest BCUT2D eigenvalue weighted by Crippen LogP contribution is -2.23. The van der Waals surface area contributed by atoms with Crippen molar-refractivity contribution in [1.82, 2.24) is 4.98 Å². The van der Waals surface area contributed by atoms with Gasteiger partial charge in [0.05, 0.1) is 0 Å². The van der Waals surface area contributed by atoms with E-state index in [1.807, 2.05) is 12.3 Å². The minimum Gasteiger partial charge on any atom is -0.324 e. The minimum absolute atomic E-state index is 0. The van der Waals surface area contributed by atoms with Gasteiger partial charge >= 0.3 is 0 Å². The van der Waals surface area contributed by atoms with Crippen molar-refractivity contribution in [1.29, 1.82) is 0 Å². The lowest BCUT2D eigenvalue weighted by Gasteiger charge is -2.27. The molecular formula is C12H19ClN2.